The van der Waals surface area contributed by atoms with Crippen molar-refractivity contribution in [2.24, 2.45) is 0 Å². The van der Waals surface area contributed by atoms with Crippen molar-refractivity contribution in [2.75, 3.05) is 6.61 Å². The Morgan fingerprint density at radius 1 is 0.667 bits per heavy atom. The maximum Gasteiger partial charge on any atom is 0.194 e. The fourth-order valence-corrected chi connectivity index (χ4v) is 5.60. The molecule has 0 heterocycles. The van der Waals surface area contributed by atoms with E-state index in [1.807, 2.05) is 0 Å². The van der Waals surface area contributed by atoms with Crippen molar-refractivity contribution < 1.29 is 19.1 Å². The Morgan fingerprint density at radius 2 is 1.15 bits per heavy atom. The fraction of sp³-hybridized carbons (Fsp3) is 0.588. The molecule has 2 aromatic carbocycles. The van der Waals surface area contributed by atoms with Gasteiger partial charge in [-0.25, -0.2) is 0 Å². The van der Waals surface area contributed by atoms with Crippen LogP contribution >= 0.6 is 15.9 Å². The summed E-state index contributed by atoms with van der Waals surface area (Å²) in [6, 6.07) is 10.5. The fourth-order valence-electron chi connectivity index (χ4n) is 5.32. The Balaban J connectivity index is 1.41. The largest absolute Gasteiger partial charge is 0.494 e. The van der Waals surface area contributed by atoms with E-state index in [0.29, 0.717) is 44.7 Å². The Morgan fingerprint density at radius 3 is 1.69 bits per heavy atom. The molecule has 0 atom stereocenters. The van der Waals surface area contributed by atoms with Crippen LogP contribution in [0.25, 0.3) is 0 Å². The Hall–Kier alpha value is -2.14. The number of rotatable bonds is 18. The van der Waals surface area contributed by atoms with Crippen molar-refractivity contribution in [3.05, 3.63) is 58.7 Å². The van der Waals surface area contributed by atoms with E-state index < -0.39 is 0 Å². The molecule has 0 radical (unpaired) electrons. The standard InChI is InChI=1S/C34H47BrO4/c1-5-25(6-2)39-27-18-20-29-31(24-27)33(37)28-19-17-26(23-30(28)32(29)36)38-22-16-14-12-10-9-11-13-15-21-34(35,7-3)8-4/h17-20,23-25H,5-16,21-22H2,1-4H3. The average molecular weight is 600 g/mol. The highest BCUT2D eigenvalue weighted by Gasteiger charge is 2.30. The SMILES string of the molecule is CCC(CC)Oc1ccc2c(c1)C(=O)c1ccc(OCCCCCCCCCCC(Br)(CC)CC)cc1C2=O. The van der Waals surface area contributed by atoms with E-state index in [1.54, 1.807) is 36.4 Å². The van der Waals surface area contributed by atoms with Crippen molar-refractivity contribution in [1.82, 2.24) is 0 Å². The second-order valence-corrected chi connectivity index (χ2v) is 12.6. The van der Waals surface area contributed by atoms with Crippen LogP contribution in [-0.2, 0) is 0 Å². The van der Waals surface area contributed by atoms with Crippen LogP contribution in [0, 0.1) is 0 Å². The molecule has 4 nitrogen and oxygen atoms in total. The molecule has 1 aliphatic carbocycles. The summed E-state index contributed by atoms with van der Waals surface area (Å²) in [6.07, 6.45) is 15.5. The molecule has 0 amide bonds. The lowest BCUT2D eigenvalue weighted by atomic mass is 9.84. The van der Waals surface area contributed by atoms with Crippen molar-refractivity contribution in [2.45, 2.75) is 122 Å². The van der Waals surface area contributed by atoms with Crippen molar-refractivity contribution >= 4 is 27.5 Å². The van der Waals surface area contributed by atoms with Gasteiger partial charge in [-0.15, -0.1) is 0 Å². The number of hydrogen-bond donors (Lipinski definition) is 0. The number of unbranched alkanes of at least 4 members (excludes halogenated alkanes) is 7. The number of benzene rings is 2. The van der Waals surface area contributed by atoms with E-state index in [1.165, 1.54) is 57.8 Å². The zero-order valence-corrected chi connectivity index (χ0v) is 26.0. The molecule has 0 aromatic heterocycles. The molecule has 0 saturated carbocycles. The van der Waals surface area contributed by atoms with Crippen LogP contribution in [0.3, 0.4) is 0 Å². The molecular formula is C34H47BrO4. The second-order valence-electron chi connectivity index (χ2n) is 10.9. The zero-order valence-electron chi connectivity index (χ0n) is 24.5. The van der Waals surface area contributed by atoms with Gasteiger partial charge in [0, 0.05) is 26.6 Å². The maximum absolute atomic E-state index is 13.2. The molecule has 0 fully saturated rings. The first-order valence-electron chi connectivity index (χ1n) is 15.2. The van der Waals surface area contributed by atoms with Crippen LogP contribution in [0.2, 0.25) is 0 Å². The number of fused-ring (bicyclic) bond motifs is 2. The lowest BCUT2D eigenvalue weighted by molar-refractivity contribution is 0.0978. The smallest absolute Gasteiger partial charge is 0.194 e. The third-order valence-corrected chi connectivity index (χ3v) is 9.75. The number of carbonyl (C=O) groups excluding carboxylic acids is 2. The van der Waals surface area contributed by atoms with Gasteiger partial charge in [-0.05, 0) is 74.9 Å². The van der Waals surface area contributed by atoms with Gasteiger partial charge in [0.05, 0.1) is 12.7 Å². The normalized spacial score (nSPS) is 13.0. The van der Waals surface area contributed by atoms with Gasteiger partial charge in [0.25, 0.3) is 0 Å². The summed E-state index contributed by atoms with van der Waals surface area (Å²) in [6.45, 7) is 9.32. The van der Waals surface area contributed by atoms with Gasteiger partial charge in [0.2, 0.25) is 0 Å². The number of hydrogen-bond acceptors (Lipinski definition) is 4. The Bertz CT molecular complexity index is 1080. The number of ketones is 2. The molecule has 0 saturated heterocycles. The molecule has 0 unspecified atom stereocenters. The van der Waals surface area contributed by atoms with Crippen LogP contribution < -0.4 is 9.47 Å². The first-order chi connectivity index (χ1) is 18.9. The van der Waals surface area contributed by atoms with Crippen LogP contribution in [0.5, 0.6) is 11.5 Å². The van der Waals surface area contributed by atoms with E-state index in [2.05, 4.69) is 43.6 Å². The third-order valence-electron chi connectivity index (χ3n) is 8.23. The lowest BCUT2D eigenvalue weighted by Gasteiger charge is -2.24. The van der Waals surface area contributed by atoms with Crippen molar-refractivity contribution in [3.8, 4) is 11.5 Å². The molecule has 0 N–H and O–H groups in total. The van der Waals surface area contributed by atoms with Crippen LogP contribution in [0.4, 0.5) is 0 Å². The van der Waals surface area contributed by atoms with Gasteiger partial charge in [0.15, 0.2) is 11.6 Å². The summed E-state index contributed by atoms with van der Waals surface area (Å²) in [5.41, 5.74) is 1.71. The van der Waals surface area contributed by atoms with Gasteiger partial charge in [0.1, 0.15) is 11.5 Å². The zero-order chi connectivity index (χ0) is 28.3. The monoisotopic (exact) mass is 598 g/mol. The van der Waals surface area contributed by atoms with E-state index >= 15 is 0 Å². The van der Waals surface area contributed by atoms with E-state index in [0.717, 1.165) is 25.7 Å². The number of halogens is 1. The highest BCUT2D eigenvalue weighted by Crippen LogP contribution is 2.33. The van der Waals surface area contributed by atoms with E-state index in [9.17, 15) is 9.59 Å². The highest BCUT2D eigenvalue weighted by molar-refractivity contribution is 9.10. The molecule has 3 rings (SSSR count). The number of carbonyl (C=O) groups is 2. The summed E-state index contributed by atoms with van der Waals surface area (Å²) in [4.78, 5) is 26.4. The predicted octanol–water partition coefficient (Wildman–Crippen LogP) is 9.87. The summed E-state index contributed by atoms with van der Waals surface area (Å²) in [7, 11) is 0. The van der Waals surface area contributed by atoms with Crippen molar-refractivity contribution in [3.63, 3.8) is 0 Å². The van der Waals surface area contributed by atoms with Gasteiger partial charge >= 0.3 is 0 Å². The predicted molar refractivity (Wildman–Crippen MR) is 164 cm³/mol. The Kier molecular flexibility index (Phi) is 12.6. The van der Waals surface area contributed by atoms with Gasteiger partial charge in [-0.1, -0.05) is 88.6 Å². The second kappa shape index (κ2) is 15.6. The Labute approximate surface area is 244 Å². The average Bonchev–Trinajstić information content (AvgIpc) is 2.97. The maximum atomic E-state index is 13.2. The first kappa shape index (κ1) is 31.4. The molecule has 2 aromatic rings. The van der Waals surface area contributed by atoms with E-state index in [4.69, 9.17) is 9.47 Å². The molecule has 39 heavy (non-hydrogen) atoms. The number of ether oxygens (including phenoxy) is 2. The lowest BCUT2D eigenvalue weighted by Crippen LogP contribution is -2.21. The van der Waals surface area contributed by atoms with Gasteiger partial charge in [-0.3, -0.25) is 9.59 Å². The van der Waals surface area contributed by atoms with Crippen LogP contribution in [0.1, 0.15) is 143 Å². The van der Waals surface area contributed by atoms with Crippen LogP contribution in [-0.4, -0.2) is 28.6 Å². The summed E-state index contributed by atoms with van der Waals surface area (Å²) in [5.74, 6) is 1.01. The molecule has 214 valence electrons. The van der Waals surface area contributed by atoms with E-state index in [-0.39, 0.29) is 17.7 Å². The minimum Gasteiger partial charge on any atom is -0.494 e. The van der Waals surface area contributed by atoms with Gasteiger partial charge < -0.3 is 9.47 Å². The quantitative estimate of drug-likeness (QED) is 0.108. The topological polar surface area (TPSA) is 52.6 Å². The minimum absolute atomic E-state index is 0.0980. The molecule has 0 aliphatic heterocycles. The minimum atomic E-state index is -0.136. The molecular weight excluding hydrogens is 552 g/mol. The molecule has 0 bridgehead atoms. The van der Waals surface area contributed by atoms with Crippen LogP contribution in [0.15, 0.2) is 36.4 Å². The first-order valence-corrected chi connectivity index (χ1v) is 16.0. The van der Waals surface area contributed by atoms with Crippen molar-refractivity contribution in [1.29, 1.82) is 0 Å². The number of alkyl halides is 1. The summed E-state index contributed by atoms with van der Waals surface area (Å²) in [5, 5.41) is 0. The highest BCUT2D eigenvalue weighted by atomic mass is 79.9. The molecule has 5 heteroatoms. The summed E-state index contributed by atoms with van der Waals surface area (Å²) >= 11 is 3.91. The summed E-state index contributed by atoms with van der Waals surface area (Å²) < 4.78 is 12.3. The molecule has 0 spiro atoms. The molecule has 1 aliphatic rings. The van der Waals surface area contributed by atoms with Gasteiger partial charge in [-0.2, -0.15) is 0 Å². The third kappa shape index (κ3) is 8.67.